The first-order chi connectivity index (χ1) is 10.1. The summed E-state index contributed by atoms with van der Waals surface area (Å²) < 4.78 is 5.78. The largest absolute Gasteiger partial charge is 0.437 e. The first-order valence-electron chi connectivity index (χ1n) is 6.93. The Morgan fingerprint density at radius 2 is 2.05 bits per heavy atom. The highest BCUT2D eigenvalue weighted by Gasteiger charge is 2.20. The van der Waals surface area contributed by atoms with Crippen LogP contribution in [0.4, 0.5) is 0 Å². The van der Waals surface area contributed by atoms with Crippen LogP contribution >= 0.6 is 23.2 Å². The van der Waals surface area contributed by atoms with Crippen molar-refractivity contribution in [3.8, 4) is 11.6 Å². The third kappa shape index (κ3) is 3.88. The molecule has 110 valence electrons. The third-order valence-electron chi connectivity index (χ3n) is 3.37. The van der Waals surface area contributed by atoms with E-state index in [9.17, 15) is 0 Å². The highest BCUT2D eigenvalue weighted by atomic mass is 35.5. The lowest BCUT2D eigenvalue weighted by molar-refractivity contribution is 0.461. The molecule has 0 amide bonds. The summed E-state index contributed by atoms with van der Waals surface area (Å²) >= 11 is 12.3. The molecule has 0 radical (unpaired) electrons. The predicted molar refractivity (Wildman–Crippen MR) is 85.4 cm³/mol. The van der Waals surface area contributed by atoms with E-state index in [0.717, 1.165) is 17.7 Å². The maximum absolute atomic E-state index is 6.18. The van der Waals surface area contributed by atoms with Crippen LogP contribution in [0.5, 0.6) is 11.6 Å². The molecule has 1 aromatic carbocycles. The summed E-state index contributed by atoms with van der Waals surface area (Å²) in [7, 11) is 0. The van der Waals surface area contributed by atoms with E-state index in [1.165, 1.54) is 12.8 Å². The molecule has 0 bridgehead atoms. The molecule has 1 aromatic heterocycles. The first-order valence-corrected chi connectivity index (χ1v) is 7.69. The van der Waals surface area contributed by atoms with Crippen molar-refractivity contribution in [2.45, 2.75) is 32.4 Å². The molecule has 1 saturated carbocycles. The van der Waals surface area contributed by atoms with Crippen LogP contribution in [-0.4, -0.2) is 11.0 Å². The third-order valence-corrected chi connectivity index (χ3v) is 4.02. The number of rotatable bonds is 5. The summed E-state index contributed by atoms with van der Waals surface area (Å²) in [5.41, 5.74) is 2.07. The molecule has 1 aliphatic rings. The lowest BCUT2D eigenvalue weighted by Gasteiger charge is -2.10. The van der Waals surface area contributed by atoms with Crippen molar-refractivity contribution >= 4 is 23.2 Å². The quantitative estimate of drug-likeness (QED) is 0.863. The number of hydrogen-bond donors (Lipinski definition) is 1. The fraction of sp³-hybridized carbons (Fsp3) is 0.312. The van der Waals surface area contributed by atoms with E-state index in [0.29, 0.717) is 27.7 Å². The molecule has 5 heteroatoms. The molecule has 1 heterocycles. The van der Waals surface area contributed by atoms with Gasteiger partial charge in [-0.25, -0.2) is 4.98 Å². The van der Waals surface area contributed by atoms with Crippen molar-refractivity contribution in [2.75, 3.05) is 0 Å². The summed E-state index contributed by atoms with van der Waals surface area (Å²) in [5.74, 6) is 1.10. The number of hydrogen-bond acceptors (Lipinski definition) is 3. The van der Waals surface area contributed by atoms with Crippen LogP contribution in [0, 0.1) is 6.92 Å². The summed E-state index contributed by atoms with van der Waals surface area (Å²) in [6.45, 7) is 2.72. The number of nitrogens with one attached hydrogen (secondary N) is 1. The van der Waals surface area contributed by atoms with Crippen LogP contribution in [0.1, 0.15) is 24.0 Å². The van der Waals surface area contributed by atoms with Gasteiger partial charge in [0.15, 0.2) is 0 Å². The zero-order chi connectivity index (χ0) is 14.8. The molecular weight excluding hydrogens is 307 g/mol. The minimum Gasteiger partial charge on any atom is -0.437 e. The van der Waals surface area contributed by atoms with Gasteiger partial charge in [-0.2, -0.15) is 0 Å². The van der Waals surface area contributed by atoms with Gasteiger partial charge in [0.25, 0.3) is 0 Å². The topological polar surface area (TPSA) is 34.1 Å². The van der Waals surface area contributed by atoms with Gasteiger partial charge in [0.05, 0.1) is 10.0 Å². The van der Waals surface area contributed by atoms with Gasteiger partial charge in [-0.15, -0.1) is 0 Å². The smallest absolute Gasteiger partial charge is 0.219 e. The number of aromatic nitrogens is 1. The molecule has 0 saturated heterocycles. The minimum absolute atomic E-state index is 0.500. The molecule has 0 unspecified atom stereocenters. The molecule has 0 spiro atoms. The molecule has 3 nitrogen and oxygen atoms in total. The Bertz CT molecular complexity index is 657. The van der Waals surface area contributed by atoms with E-state index in [1.54, 1.807) is 6.20 Å². The first kappa shape index (κ1) is 14.6. The zero-order valence-corrected chi connectivity index (χ0v) is 13.2. The standard InChI is InChI=1S/C16H16Cl2N2O/c1-10-2-5-13(17)15(6-10)21-16-7-11(14(18)9-20-16)8-19-12-3-4-12/h2,5-7,9,12,19H,3-4,8H2,1H3. The number of aryl methyl sites for hydroxylation is 1. The zero-order valence-electron chi connectivity index (χ0n) is 11.7. The molecule has 21 heavy (non-hydrogen) atoms. The molecule has 1 N–H and O–H groups in total. The molecule has 0 aliphatic heterocycles. The van der Waals surface area contributed by atoms with Crippen molar-refractivity contribution in [1.29, 1.82) is 0 Å². The highest BCUT2D eigenvalue weighted by Crippen LogP contribution is 2.31. The van der Waals surface area contributed by atoms with E-state index in [4.69, 9.17) is 27.9 Å². The summed E-state index contributed by atoms with van der Waals surface area (Å²) in [6, 6.07) is 8.13. The number of halogens is 2. The Balaban J connectivity index is 1.78. The number of nitrogens with zero attached hydrogens (tertiary/aromatic N) is 1. The average Bonchev–Trinajstić information content (AvgIpc) is 3.27. The van der Waals surface area contributed by atoms with Crippen LogP contribution in [0.25, 0.3) is 0 Å². The van der Waals surface area contributed by atoms with Crippen molar-refractivity contribution in [3.05, 3.63) is 51.6 Å². The van der Waals surface area contributed by atoms with Crippen molar-refractivity contribution in [2.24, 2.45) is 0 Å². The van der Waals surface area contributed by atoms with Gasteiger partial charge in [0, 0.05) is 24.8 Å². The van der Waals surface area contributed by atoms with Crippen molar-refractivity contribution in [3.63, 3.8) is 0 Å². The molecular formula is C16H16Cl2N2O. The van der Waals surface area contributed by atoms with Crippen LogP contribution in [0.2, 0.25) is 10.0 Å². The lowest BCUT2D eigenvalue weighted by Crippen LogP contribution is -2.15. The van der Waals surface area contributed by atoms with Crippen molar-refractivity contribution in [1.82, 2.24) is 10.3 Å². The normalized spacial score (nSPS) is 14.2. The highest BCUT2D eigenvalue weighted by molar-refractivity contribution is 6.32. The van der Waals surface area contributed by atoms with Crippen LogP contribution < -0.4 is 10.1 Å². The van der Waals surface area contributed by atoms with Crippen LogP contribution in [-0.2, 0) is 6.54 Å². The van der Waals surface area contributed by atoms with Gasteiger partial charge in [0.2, 0.25) is 5.88 Å². The SMILES string of the molecule is Cc1ccc(Cl)c(Oc2cc(CNC3CC3)c(Cl)cn2)c1. The summed E-state index contributed by atoms with van der Waals surface area (Å²) in [6.07, 6.45) is 4.10. The van der Waals surface area contributed by atoms with Gasteiger partial charge in [-0.05, 0) is 43.0 Å². The molecule has 3 rings (SSSR count). The van der Waals surface area contributed by atoms with Crippen LogP contribution in [0.15, 0.2) is 30.5 Å². The number of ether oxygens (including phenoxy) is 1. The van der Waals surface area contributed by atoms with E-state index in [2.05, 4.69) is 10.3 Å². The Morgan fingerprint density at radius 3 is 2.81 bits per heavy atom. The van der Waals surface area contributed by atoms with Crippen molar-refractivity contribution < 1.29 is 4.74 Å². The maximum Gasteiger partial charge on any atom is 0.219 e. The number of pyridine rings is 1. The Labute approximate surface area is 134 Å². The Hall–Kier alpha value is -1.29. The van der Waals surface area contributed by atoms with Gasteiger partial charge in [-0.1, -0.05) is 29.3 Å². The molecule has 0 atom stereocenters. The van der Waals surface area contributed by atoms with Gasteiger partial charge in [0.1, 0.15) is 5.75 Å². The molecule has 1 aliphatic carbocycles. The average molecular weight is 323 g/mol. The number of benzene rings is 1. The maximum atomic E-state index is 6.18. The Morgan fingerprint density at radius 1 is 1.24 bits per heavy atom. The summed E-state index contributed by atoms with van der Waals surface area (Å²) in [5, 5.41) is 4.64. The van der Waals surface area contributed by atoms with Gasteiger partial charge >= 0.3 is 0 Å². The molecule has 2 aromatic rings. The van der Waals surface area contributed by atoms with Gasteiger partial charge in [-0.3, -0.25) is 0 Å². The second-order valence-corrected chi connectivity index (χ2v) is 6.12. The van der Waals surface area contributed by atoms with Crippen LogP contribution in [0.3, 0.4) is 0 Å². The minimum atomic E-state index is 0.500. The second-order valence-electron chi connectivity index (χ2n) is 5.31. The monoisotopic (exact) mass is 322 g/mol. The predicted octanol–water partition coefficient (Wildman–Crippen LogP) is 4.74. The fourth-order valence-electron chi connectivity index (χ4n) is 1.99. The van der Waals surface area contributed by atoms with E-state index in [1.807, 2.05) is 31.2 Å². The Kier molecular flexibility index (Phi) is 4.34. The lowest BCUT2D eigenvalue weighted by atomic mass is 10.2. The van der Waals surface area contributed by atoms with Gasteiger partial charge < -0.3 is 10.1 Å². The van der Waals surface area contributed by atoms with E-state index >= 15 is 0 Å². The molecule has 1 fully saturated rings. The fourth-order valence-corrected chi connectivity index (χ4v) is 2.32. The second kappa shape index (κ2) is 6.22. The summed E-state index contributed by atoms with van der Waals surface area (Å²) in [4.78, 5) is 4.21. The van der Waals surface area contributed by atoms with E-state index in [-0.39, 0.29) is 0 Å². The van der Waals surface area contributed by atoms with E-state index < -0.39 is 0 Å².